The fraction of sp³-hybridized carbons (Fsp3) is 0.417. The quantitative estimate of drug-likeness (QED) is 0.339. The monoisotopic (exact) mass is 406 g/mol. The van der Waals surface area contributed by atoms with Crippen molar-refractivity contribution in [1.82, 2.24) is 0 Å². The maximum atomic E-state index is 4.86. The van der Waals surface area contributed by atoms with Crippen LogP contribution in [0.15, 0.2) is 46.4 Å². The maximum Gasteiger partial charge on any atom is 0.0639 e. The van der Waals surface area contributed by atoms with Crippen molar-refractivity contribution in [3.05, 3.63) is 58.7 Å². The minimum absolute atomic E-state index is 0. The molecule has 0 heterocycles. The molecule has 27 heavy (non-hydrogen) atoms. The Morgan fingerprint density at radius 3 is 1.44 bits per heavy atom. The zero-order valence-corrected chi connectivity index (χ0v) is 18.3. The Morgan fingerprint density at radius 2 is 1.07 bits per heavy atom. The van der Waals surface area contributed by atoms with Gasteiger partial charge in [-0.15, -0.1) is 0 Å². The molecule has 3 heteroatoms. The van der Waals surface area contributed by atoms with Gasteiger partial charge in [0, 0.05) is 22.7 Å². The Morgan fingerprint density at radius 1 is 0.667 bits per heavy atom. The van der Waals surface area contributed by atoms with E-state index in [1.165, 1.54) is 22.3 Å². The molecule has 0 amide bonds. The van der Waals surface area contributed by atoms with E-state index in [0.717, 1.165) is 49.2 Å². The van der Waals surface area contributed by atoms with Crippen molar-refractivity contribution in [2.75, 3.05) is 0 Å². The summed E-state index contributed by atoms with van der Waals surface area (Å²) in [4.78, 5) is 9.58. The van der Waals surface area contributed by atoms with E-state index in [-0.39, 0.29) is 16.5 Å². The number of hydrogen-bond acceptors (Lipinski definition) is 2. The van der Waals surface area contributed by atoms with Crippen LogP contribution in [0.1, 0.15) is 63.3 Å². The zero-order valence-electron chi connectivity index (χ0n) is 17.3. The van der Waals surface area contributed by atoms with E-state index in [1.807, 2.05) is 6.21 Å². The van der Waals surface area contributed by atoms with E-state index in [0.29, 0.717) is 0 Å². The molecule has 0 N–H and O–H groups in total. The van der Waals surface area contributed by atoms with Gasteiger partial charge in [0.2, 0.25) is 0 Å². The summed E-state index contributed by atoms with van der Waals surface area (Å²) in [6.07, 6.45) is 6.95. The van der Waals surface area contributed by atoms with Crippen LogP contribution in [-0.4, -0.2) is 11.9 Å². The van der Waals surface area contributed by atoms with E-state index in [2.05, 4.69) is 71.0 Å². The van der Waals surface area contributed by atoms with Gasteiger partial charge in [-0.05, 0) is 78.6 Å². The normalized spacial score (nSPS) is 11.7. The molecule has 0 aliphatic rings. The van der Waals surface area contributed by atoms with Crippen LogP contribution in [0.2, 0.25) is 0 Å². The molecule has 2 rings (SSSR count). The van der Waals surface area contributed by atoms with Crippen LogP contribution >= 0.6 is 0 Å². The fourth-order valence-electron chi connectivity index (χ4n) is 2.96. The van der Waals surface area contributed by atoms with Crippen molar-refractivity contribution in [3.63, 3.8) is 0 Å². The standard InChI is InChI=1S/C24H32N2.Ni/c1-6-18-11-19(7-2)14-23(13-18)25-17-22(10-5)26-24-15-20(8-3)12-21(9-4)16-24;/h11-17H,6-10H2,1-5H3;. The van der Waals surface area contributed by atoms with Crippen LogP contribution in [0.25, 0.3) is 0 Å². The third-order valence-corrected chi connectivity index (χ3v) is 4.71. The van der Waals surface area contributed by atoms with Gasteiger partial charge < -0.3 is 0 Å². The first-order valence-electron chi connectivity index (χ1n) is 9.99. The summed E-state index contributed by atoms with van der Waals surface area (Å²) in [5.74, 6) is 0. The van der Waals surface area contributed by atoms with Gasteiger partial charge in [0.05, 0.1) is 17.1 Å². The molecule has 2 nitrogen and oxygen atoms in total. The van der Waals surface area contributed by atoms with Crippen molar-refractivity contribution in [3.8, 4) is 0 Å². The maximum absolute atomic E-state index is 4.86. The van der Waals surface area contributed by atoms with Crippen molar-refractivity contribution in [2.45, 2.75) is 66.7 Å². The molecule has 0 bridgehead atoms. The number of nitrogens with zero attached hydrogens (tertiary/aromatic N) is 2. The largest absolute Gasteiger partial charge is 0.255 e. The molecular weight excluding hydrogens is 375 g/mol. The Hall–Kier alpha value is -1.73. The van der Waals surface area contributed by atoms with Gasteiger partial charge in [0.25, 0.3) is 0 Å². The average Bonchev–Trinajstić information content (AvgIpc) is 2.70. The number of benzene rings is 2. The van der Waals surface area contributed by atoms with Crippen LogP contribution in [0.5, 0.6) is 0 Å². The molecule has 0 aliphatic carbocycles. The Labute approximate surface area is 175 Å². The van der Waals surface area contributed by atoms with Gasteiger partial charge in [-0.25, -0.2) is 0 Å². The van der Waals surface area contributed by atoms with Crippen molar-refractivity contribution in [1.29, 1.82) is 0 Å². The minimum Gasteiger partial charge on any atom is -0.255 e. The minimum atomic E-state index is 0. The Bertz CT molecular complexity index is 746. The average molecular weight is 407 g/mol. The van der Waals surface area contributed by atoms with E-state index >= 15 is 0 Å². The summed E-state index contributed by atoms with van der Waals surface area (Å²) < 4.78 is 0. The first-order valence-corrected chi connectivity index (χ1v) is 9.99. The number of rotatable bonds is 8. The SMILES string of the molecule is CCC(C=Nc1cc(CC)cc(CC)c1)=Nc1cc(CC)cc(CC)c1.[Ni]. The van der Waals surface area contributed by atoms with E-state index in [1.54, 1.807) is 0 Å². The molecule has 0 saturated heterocycles. The Balaban J connectivity index is 0.00000364. The molecule has 0 saturated carbocycles. The second kappa shape index (κ2) is 11.9. The second-order valence-corrected chi connectivity index (χ2v) is 6.64. The van der Waals surface area contributed by atoms with Gasteiger partial charge in [-0.3, -0.25) is 9.98 Å². The summed E-state index contributed by atoms with van der Waals surface area (Å²) in [6, 6.07) is 13.3. The summed E-state index contributed by atoms with van der Waals surface area (Å²) >= 11 is 0. The first kappa shape index (κ1) is 23.3. The van der Waals surface area contributed by atoms with Crippen LogP contribution in [0.4, 0.5) is 11.4 Å². The second-order valence-electron chi connectivity index (χ2n) is 6.64. The van der Waals surface area contributed by atoms with Crippen molar-refractivity contribution < 1.29 is 16.5 Å². The van der Waals surface area contributed by atoms with E-state index < -0.39 is 0 Å². The predicted octanol–water partition coefficient (Wildman–Crippen LogP) is 6.82. The van der Waals surface area contributed by atoms with Crippen LogP contribution < -0.4 is 0 Å². The first-order chi connectivity index (χ1) is 12.6. The van der Waals surface area contributed by atoms with Crippen LogP contribution in [0.3, 0.4) is 0 Å². The molecule has 0 spiro atoms. The fourth-order valence-corrected chi connectivity index (χ4v) is 2.96. The smallest absolute Gasteiger partial charge is 0.0639 e. The van der Waals surface area contributed by atoms with Crippen LogP contribution in [-0.2, 0) is 42.2 Å². The van der Waals surface area contributed by atoms with Crippen LogP contribution in [0, 0.1) is 0 Å². The van der Waals surface area contributed by atoms with E-state index in [4.69, 9.17) is 9.98 Å². The summed E-state index contributed by atoms with van der Waals surface area (Å²) in [6.45, 7) is 10.9. The summed E-state index contributed by atoms with van der Waals surface area (Å²) in [5, 5.41) is 0. The molecular formula is C24H32N2Ni. The molecule has 2 aromatic carbocycles. The van der Waals surface area contributed by atoms with Gasteiger partial charge in [0.1, 0.15) is 0 Å². The van der Waals surface area contributed by atoms with Gasteiger partial charge in [-0.1, -0.05) is 46.8 Å². The molecule has 0 fully saturated rings. The van der Waals surface area contributed by atoms with Crippen molar-refractivity contribution >= 4 is 23.3 Å². The molecule has 148 valence electrons. The van der Waals surface area contributed by atoms with Gasteiger partial charge >= 0.3 is 0 Å². The molecule has 0 unspecified atom stereocenters. The Kier molecular flexibility index (Phi) is 10.3. The number of aryl methyl sites for hydroxylation is 4. The molecule has 0 radical (unpaired) electrons. The van der Waals surface area contributed by atoms with Gasteiger partial charge in [0.15, 0.2) is 0 Å². The number of hydrogen-bond donors (Lipinski definition) is 0. The third kappa shape index (κ3) is 7.07. The zero-order chi connectivity index (χ0) is 18.9. The summed E-state index contributed by atoms with van der Waals surface area (Å²) in [7, 11) is 0. The summed E-state index contributed by atoms with van der Waals surface area (Å²) in [5.41, 5.74) is 8.46. The molecule has 0 aliphatic heterocycles. The third-order valence-electron chi connectivity index (χ3n) is 4.71. The van der Waals surface area contributed by atoms with Gasteiger partial charge in [-0.2, -0.15) is 0 Å². The molecule has 0 aromatic heterocycles. The number of aliphatic imine (C=N–C) groups is 2. The predicted molar refractivity (Wildman–Crippen MR) is 116 cm³/mol. The van der Waals surface area contributed by atoms with E-state index in [9.17, 15) is 0 Å². The molecule has 0 atom stereocenters. The molecule has 2 aromatic rings. The topological polar surface area (TPSA) is 24.7 Å². The van der Waals surface area contributed by atoms with Crippen molar-refractivity contribution in [2.24, 2.45) is 9.98 Å².